The Balaban J connectivity index is 2.23. The fraction of sp³-hybridized carbons (Fsp3) is 0.647. The van der Waals surface area contributed by atoms with Gasteiger partial charge < -0.3 is 14.4 Å². The van der Waals surface area contributed by atoms with E-state index in [1.807, 2.05) is 18.7 Å². The van der Waals surface area contributed by atoms with Crippen molar-refractivity contribution in [3.05, 3.63) is 22.5 Å². The second-order valence-electron chi connectivity index (χ2n) is 6.76. The molecule has 0 aliphatic carbocycles. The van der Waals surface area contributed by atoms with Gasteiger partial charge in [0.15, 0.2) is 11.2 Å². The standard InChI is InChI=1S/C17H27N6O4P/c1-4-14-20-16-15(17(24)23(14)5-2)19-12-22(16)7-6-21(11-13(3)10-18)8-9-28(25,26)27/h12-13H,4-9,11H2,1-3H3,(H2,25,26,27). The van der Waals surface area contributed by atoms with Crippen LogP contribution in [-0.4, -0.2) is 59.6 Å². The number of hydrogen-bond acceptors (Lipinski definition) is 6. The molecule has 10 nitrogen and oxygen atoms in total. The molecule has 0 saturated heterocycles. The van der Waals surface area contributed by atoms with E-state index < -0.39 is 7.60 Å². The summed E-state index contributed by atoms with van der Waals surface area (Å²) in [5.41, 5.74) is 0.653. The van der Waals surface area contributed by atoms with Crippen molar-refractivity contribution in [2.75, 3.05) is 25.8 Å². The fourth-order valence-electron chi connectivity index (χ4n) is 3.07. The van der Waals surface area contributed by atoms with E-state index in [4.69, 9.17) is 15.0 Å². The molecule has 2 N–H and O–H groups in total. The fourth-order valence-corrected chi connectivity index (χ4v) is 3.62. The minimum Gasteiger partial charge on any atom is -0.324 e. The molecule has 2 aromatic rings. The molecule has 0 aliphatic heterocycles. The summed E-state index contributed by atoms with van der Waals surface area (Å²) >= 11 is 0. The van der Waals surface area contributed by atoms with E-state index >= 15 is 0 Å². The molecule has 154 valence electrons. The highest BCUT2D eigenvalue weighted by molar-refractivity contribution is 7.51. The second-order valence-corrected chi connectivity index (χ2v) is 8.54. The Hall–Kier alpha value is -2.05. The van der Waals surface area contributed by atoms with Crippen LogP contribution in [-0.2, 0) is 24.1 Å². The van der Waals surface area contributed by atoms with E-state index in [1.54, 1.807) is 22.4 Å². The molecule has 0 radical (unpaired) electrons. The van der Waals surface area contributed by atoms with Crippen molar-refractivity contribution in [2.24, 2.45) is 5.92 Å². The molecule has 2 heterocycles. The average Bonchev–Trinajstić information content (AvgIpc) is 3.06. The minimum atomic E-state index is -4.12. The summed E-state index contributed by atoms with van der Waals surface area (Å²) in [6.07, 6.45) is 1.92. The maximum Gasteiger partial charge on any atom is 0.326 e. The Labute approximate surface area is 163 Å². The number of hydrogen-bond donors (Lipinski definition) is 2. The molecule has 2 rings (SSSR count). The van der Waals surface area contributed by atoms with Crippen molar-refractivity contribution in [3.8, 4) is 6.07 Å². The number of fused-ring (bicyclic) bond motifs is 1. The van der Waals surface area contributed by atoms with Crippen molar-refractivity contribution < 1.29 is 14.4 Å². The summed E-state index contributed by atoms with van der Waals surface area (Å²) in [6, 6.07) is 2.14. The van der Waals surface area contributed by atoms with E-state index in [-0.39, 0.29) is 24.2 Å². The molecule has 0 aromatic carbocycles. The molecule has 2 aromatic heterocycles. The lowest BCUT2D eigenvalue weighted by Crippen LogP contribution is -2.34. The van der Waals surface area contributed by atoms with Crippen LogP contribution in [0.1, 0.15) is 26.6 Å². The Bertz CT molecular complexity index is 957. The van der Waals surface area contributed by atoms with Crippen molar-refractivity contribution in [2.45, 2.75) is 40.3 Å². The van der Waals surface area contributed by atoms with Crippen LogP contribution in [0.5, 0.6) is 0 Å². The van der Waals surface area contributed by atoms with Gasteiger partial charge in [-0.25, -0.2) is 9.97 Å². The highest BCUT2D eigenvalue weighted by atomic mass is 31.2. The van der Waals surface area contributed by atoms with Crippen LogP contribution in [0.15, 0.2) is 11.1 Å². The van der Waals surface area contributed by atoms with Gasteiger partial charge in [-0.1, -0.05) is 6.92 Å². The zero-order valence-corrected chi connectivity index (χ0v) is 17.3. The lowest BCUT2D eigenvalue weighted by atomic mass is 10.2. The number of aryl methyl sites for hydroxylation is 1. The minimum absolute atomic E-state index is 0.167. The number of rotatable bonds is 10. The van der Waals surface area contributed by atoms with Gasteiger partial charge in [0.05, 0.1) is 24.5 Å². The van der Waals surface area contributed by atoms with Crippen molar-refractivity contribution in [1.82, 2.24) is 24.0 Å². The maximum atomic E-state index is 12.6. The molecule has 1 unspecified atom stereocenters. The van der Waals surface area contributed by atoms with E-state index in [2.05, 4.69) is 16.0 Å². The first-order valence-electron chi connectivity index (χ1n) is 9.31. The highest BCUT2D eigenvalue weighted by Gasteiger charge is 2.19. The smallest absolute Gasteiger partial charge is 0.324 e. The van der Waals surface area contributed by atoms with Crippen LogP contribution in [0.25, 0.3) is 11.2 Å². The molecule has 0 aliphatic rings. The predicted molar refractivity (Wildman–Crippen MR) is 105 cm³/mol. The summed E-state index contributed by atoms with van der Waals surface area (Å²) < 4.78 is 14.6. The summed E-state index contributed by atoms with van der Waals surface area (Å²) in [6.45, 7) is 7.60. The normalized spacial score (nSPS) is 13.2. The van der Waals surface area contributed by atoms with Crippen LogP contribution >= 0.6 is 7.60 Å². The number of nitrogens with zero attached hydrogens (tertiary/aromatic N) is 6. The Morgan fingerprint density at radius 1 is 1.36 bits per heavy atom. The van der Waals surface area contributed by atoms with Gasteiger partial charge in [-0.3, -0.25) is 18.8 Å². The lowest BCUT2D eigenvalue weighted by molar-refractivity contribution is 0.253. The third-order valence-electron chi connectivity index (χ3n) is 4.55. The molecular formula is C17H27N6O4P. The molecule has 11 heteroatoms. The summed E-state index contributed by atoms with van der Waals surface area (Å²) in [5.74, 6) is 0.427. The predicted octanol–water partition coefficient (Wildman–Crippen LogP) is 0.815. The second kappa shape index (κ2) is 9.43. The molecule has 0 amide bonds. The zero-order chi connectivity index (χ0) is 20.9. The number of imidazole rings is 1. The lowest BCUT2D eigenvalue weighted by Gasteiger charge is -2.23. The van der Waals surface area contributed by atoms with Crippen molar-refractivity contribution >= 4 is 18.8 Å². The number of aromatic nitrogens is 4. The third-order valence-corrected chi connectivity index (χ3v) is 5.34. The van der Waals surface area contributed by atoms with Crippen LogP contribution < -0.4 is 5.56 Å². The average molecular weight is 410 g/mol. The van der Waals surface area contributed by atoms with Crippen LogP contribution in [0, 0.1) is 17.2 Å². The quantitative estimate of drug-likeness (QED) is 0.549. The van der Waals surface area contributed by atoms with E-state index in [0.717, 1.165) is 0 Å². The molecule has 1 atom stereocenters. The molecule has 0 saturated carbocycles. The summed E-state index contributed by atoms with van der Waals surface area (Å²) in [4.78, 5) is 41.5. The molecular weight excluding hydrogens is 383 g/mol. The van der Waals surface area contributed by atoms with Gasteiger partial charge in [-0.05, 0) is 13.8 Å². The number of nitriles is 1. The first-order chi connectivity index (χ1) is 13.2. The molecule has 0 fully saturated rings. The SMILES string of the molecule is CCc1nc2c(ncn2CCN(CCP(=O)(O)O)CC(C)C#N)c(=O)n1CC. The van der Waals surface area contributed by atoms with Gasteiger partial charge in [0.2, 0.25) is 0 Å². The van der Waals surface area contributed by atoms with E-state index in [1.165, 1.54) is 0 Å². The van der Waals surface area contributed by atoms with Crippen LogP contribution in [0.2, 0.25) is 0 Å². The topological polar surface area (TPSA) is 137 Å². The van der Waals surface area contributed by atoms with Gasteiger partial charge in [-0.2, -0.15) is 5.26 Å². The van der Waals surface area contributed by atoms with Gasteiger partial charge >= 0.3 is 7.60 Å². The molecule has 0 spiro atoms. The molecule has 0 bridgehead atoms. The van der Waals surface area contributed by atoms with Gasteiger partial charge in [-0.15, -0.1) is 0 Å². The van der Waals surface area contributed by atoms with Crippen molar-refractivity contribution in [3.63, 3.8) is 0 Å². The van der Waals surface area contributed by atoms with Crippen LogP contribution in [0.3, 0.4) is 0 Å². The Morgan fingerprint density at radius 2 is 2.07 bits per heavy atom. The van der Waals surface area contributed by atoms with E-state index in [0.29, 0.717) is 49.6 Å². The summed E-state index contributed by atoms with van der Waals surface area (Å²) in [5, 5.41) is 9.05. The van der Waals surface area contributed by atoms with Gasteiger partial charge in [0.1, 0.15) is 5.82 Å². The Kier molecular flexibility index (Phi) is 7.49. The zero-order valence-electron chi connectivity index (χ0n) is 16.4. The third kappa shape index (κ3) is 5.49. The first-order valence-corrected chi connectivity index (χ1v) is 11.1. The van der Waals surface area contributed by atoms with Gasteiger partial charge in [0, 0.05) is 39.1 Å². The molecule has 28 heavy (non-hydrogen) atoms. The largest absolute Gasteiger partial charge is 0.326 e. The highest BCUT2D eigenvalue weighted by Crippen LogP contribution is 2.33. The summed E-state index contributed by atoms with van der Waals surface area (Å²) in [7, 11) is -4.12. The van der Waals surface area contributed by atoms with Crippen LogP contribution in [0.4, 0.5) is 0 Å². The van der Waals surface area contributed by atoms with Crippen molar-refractivity contribution in [1.29, 1.82) is 5.26 Å². The monoisotopic (exact) mass is 410 g/mol. The first kappa shape index (κ1) is 22.2. The van der Waals surface area contributed by atoms with Gasteiger partial charge in [0.25, 0.3) is 5.56 Å². The maximum absolute atomic E-state index is 12.6. The van der Waals surface area contributed by atoms with E-state index in [9.17, 15) is 9.36 Å². The Morgan fingerprint density at radius 3 is 2.64 bits per heavy atom.